The lowest BCUT2D eigenvalue weighted by molar-refractivity contribution is -0.384. The van der Waals surface area contributed by atoms with Crippen molar-refractivity contribution in [2.75, 3.05) is 32.1 Å². The molecule has 1 N–H and O–H groups in total. The molecule has 0 aromatic heterocycles. The van der Waals surface area contributed by atoms with Crippen LogP contribution in [0.5, 0.6) is 0 Å². The van der Waals surface area contributed by atoms with E-state index in [0.29, 0.717) is 18.3 Å². The van der Waals surface area contributed by atoms with Crippen molar-refractivity contribution in [3.05, 3.63) is 33.9 Å². The Hall–Kier alpha value is -2.15. The van der Waals surface area contributed by atoms with Crippen LogP contribution >= 0.6 is 0 Å². The molecule has 7 heteroatoms. The van der Waals surface area contributed by atoms with Gasteiger partial charge in [-0.2, -0.15) is 0 Å². The Kier molecular flexibility index (Phi) is 3.89. The lowest BCUT2D eigenvalue weighted by Crippen LogP contribution is -2.31. The Morgan fingerprint density at radius 2 is 2.20 bits per heavy atom. The fourth-order valence-corrected chi connectivity index (χ4v) is 2.45. The summed E-state index contributed by atoms with van der Waals surface area (Å²) in [6.07, 6.45) is 0.935. The fraction of sp³-hybridized carbons (Fsp3) is 0.462. The Labute approximate surface area is 116 Å². The van der Waals surface area contributed by atoms with Crippen LogP contribution in [0.15, 0.2) is 18.2 Å². The second-order valence-corrected chi connectivity index (χ2v) is 5.12. The van der Waals surface area contributed by atoms with Crippen molar-refractivity contribution >= 4 is 17.3 Å². The normalized spacial score (nSPS) is 18.6. The fourth-order valence-electron chi connectivity index (χ4n) is 2.45. The predicted molar refractivity (Wildman–Crippen MR) is 74.4 cm³/mol. The highest BCUT2D eigenvalue weighted by molar-refractivity contribution is 5.89. The third kappa shape index (κ3) is 2.72. The van der Waals surface area contributed by atoms with Gasteiger partial charge in [0.05, 0.1) is 10.5 Å². The minimum Gasteiger partial charge on any atom is -0.478 e. The second-order valence-electron chi connectivity index (χ2n) is 5.12. The summed E-state index contributed by atoms with van der Waals surface area (Å²) >= 11 is 0. The Morgan fingerprint density at radius 3 is 2.70 bits per heavy atom. The molecule has 0 radical (unpaired) electrons. The molecular weight excluding hydrogens is 262 g/mol. The first kappa shape index (κ1) is 14.3. The van der Waals surface area contributed by atoms with E-state index in [4.69, 9.17) is 5.11 Å². The number of carboxylic acids is 1. The molecule has 0 amide bonds. The SMILES string of the molecule is CN(C)C1CCN(c2ccc(C(=O)O)cc2[N+](=O)[O-])C1. The van der Waals surface area contributed by atoms with Gasteiger partial charge in [-0.05, 0) is 32.6 Å². The van der Waals surface area contributed by atoms with Gasteiger partial charge in [-0.3, -0.25) is 10.1 Å². The summed E-state index contributed by atoms with van der Waals surface area (Å²) < 4.78 is 0. The first-order valence-electron chi connectivity index (χ1n) is 6.33. The van der Waals surface area contributed by atoms with E-state index in [1.165, 1.54) is 12.1 Å². The first-order valence-corrected chi connectivity index (χ1v) is 6.33. The van der Waals surface area contributed by atoms with Crippen molar-refractivity contribution < 1.29 is 14.8 Å². The summed E-state index contributed by atoms with van der Waals surface area (Å²) in [5.41, 5.74) is 0.275. The van der Waals surface area contributed by atoms with Crippen LogP contribution < -0.4 is 4.90 Å². The zero-order valence-electron chi connectivity index (χ0n) is 11.4. The van der Waals surface area contributed by atoms with E-state index in [9.17, 15) is 14.9 Å². The molecule has 7 nitrogen and oxygen atoms in total. The molecule has 1 aromatic carbocycles. The lowest BCUT2D eigenvalue weighted by Gasteiger charge is -2.21. The van der Waals surface area contributed by atoms with Crippen LogP contribution in [0, 0.1) is 10.1 Å². The van der Waals surface area contributed by atoms with Crippen molar-refractivity contribution in [3.63, 3.8) is 0 Å². The second kappa shape index (κ2) is 5.46. The van der Waals surface area contributed by atoms with Crippen LogP contribution in [0.4, 0.5) is 11.4 Å². The Morgan fingerprint density at radius 1 is 1.50 bits per heavy atom. The van der Waals surface area contributed by atoms with Crippen molar-refractivity contribution in [2.24, 2.45) is 0 Å². The Balaban J connectivity index is 2.32. The number of anilines is 1. The third-order valence-electron chi connectivity index (χ3n) is 3.65. The Bertz CT molecular complexity index is 544. The number of likely N-dealkylation sites (N-methyl/N-ethyl adjacent to an activating group) is 1. The molecule has 1 saturated heterocycles. The molecule has 0 aliphatic carbocycles. The van der Waals surface area contributed by atoms with Crippen LogP contribution in [0.1, 0.15) is 16.8 Å². The maximum atomic E-state index is 11.1. The van der Waals surface area contributed by atoms with E-state index < -0.39 is 10.9 Å². The van der Waals surface area contributed by atoms with Gasteiger partial charge in [-0.1, -0.05) is 0 Å². The minimum atomic E-state index is -1.16. The number of rotatable bonds is 4. The van der Waals surface area contributed by atoms with Gasteiger partial charge in [-0.25, -0.2) is 4.79 Å². The van der Waals surface area contributed by atoms with Gasteiger partial charge in [-0.15, -0.1) is 0 Å². The first-order chi connectivity index (χ1) is 9.40. The zero-order valence-corrected chi connectivity index (χ0v) is 11.4. The number of benzene rings is 1. The van der Waals surface area contributed by atoms with Crippen LogP contribution in [0.25, 0.3) is 0 Å². The largest absolute Gasteiger partial charge is 0.478 e. The average molecular weight is 279 g/mol. The van der Waals surface area contributed by atoms with E-state index in [1.54, 1.807) is 0 Å². The van der Waals surface area contributed by atoms with Crippen molar-refractivity contribution in [1.29, 1.82) is 0 Å². The molecule has 1 fully saturated rings. The number of hydrogen-bond acceptors (Lipinski definition) is 5. The van der Waals surface area contributed by atoms with E-state index in [1.807, 2.05) is 19.0 Å². The van der Waals surface area contributed by atoms with E-state index in [-0.39, 0.29) is 11.3 Å². The molecule has 0 saturated carbocycles. The quantitative estimate of drug-likeness (QED) is 0.662. The molecule has 1 aliphatic heterocycles. The van der Waals surface area contributed by atoms with Gasteiger partial charge in [0.1, 0.15) is 5.69 Å². The molecule has 0 spiro atoms. The molecule has 1 aromatic rings. The van der Waals surface area contributed by atoms with Crippen LogP contribution in [0.2, 0.25) is 0 Å². The van der Waals surface area contributed by atoms with Gasteiger partial charge in [0.2, 0.25) is 0 Å². The molecule has 1 unspecified atom stereocenters. The standard InChI is InChI=1S/C13H17N3O4/c1-14(2)10-5-6-15(8-10)11-4-3-9(13(17)18)7-12(11)16(19)20/h3-4,7,10H,5-6,8H2,1-2H3,(H,17,18). The zero-order chi connectivity index (χ0) is 14.9. The number of carbonyl (C=O) groups is 1. The monoisotopic (exact) mass is 279 g/mol. The predicted octanol–water partition coefficient (Wildman–Crippen LogP) is 1.43. The molecular formula is C13H17N3O4. The molecule has 0 bridgehead atoms. The summed E-state index contributed by atoms with van der Waals surface area (Å²) in [7, 11) is 3.96. The topological polar surface area (TPSA) is 86.9 Å². The average Bonchev–Trinajstić information content (AvgIpc) is 2.87. The van der Waals surface area contributed by atoms with Crippen molar-refractivity contribution in [2.45, 2.75) is 12.5 Å². The minimum absolute atomic E-state index is 0.0659. The van der Waals surface area contributed by atoms with Crippen molar-refractivity contribution in [1.82, 2.24) is 4.90 Å². The molecule has 1 heterocycles. The highest BCUT2D eigenvalue weighted by Crippen LogP contribution is 2.32. The molecule has 1 aliphatic rings. The maximum Gasteiger partial charge on any atom is 0.335 e. The van der Waals surface area contributed by atoms with Crippen molar-refractivity contribution in [3.8, 4) is 0 Å². The number of hydrogen-bond donors (Lipinski definition) is 1. The number of carboxylic acid groups (broad SMARTS) is 1. The van der Waals surface area contributed by atoms with Crippen LogP contribution in [-0.4, -0.2) is 54.1 Å². The number of nitro groups is 1. The van der Waals surface area contributed by atoms with Gasteiger partial charge in [0.15, 0.2) is 0 Å². The number of nitrogens with zero attached hydrogens (tertiary/aromatic N) is 3. The van der Waals surface area contributed by atoms with Gasteiger partial charge < -0.3 is 14.9 Å². The summed E-state index contributed by atoms with van der Waals surface area (Å²) in [4.78, 5) is 25.6. The van der Waals surface area contributed by atoms with Gasteiger partial charge >= 0.3 is 5.97 Å². The van der Waals surface area contributed by atoms with Crippen LogP contribution in [-0.2, 0) is 0 Å². The summed E-state index contributed by atoms with van der Waals surface area (Å²) in [5, 5.41) is 20.1. The molecule has 108 valence electrons. The van der Waals surface area contributed by atoms with Gasteiger partial charge in [0, 0.05) is 25.2 Å². The van der Waals surface area contributed by atoms with E-state index in [2.05, 4.69) is 4.90 Å². The van der Waals surface area contributed by atoms with Gasteiger partial charge in [0.25, 0.3) is 5.69 Å². The molecule has 2 rings (SSSR count). The highest BCUT2D eigenvalue weighted by atomic mass is 16.6. The smallest absolute Gasteiger partial charge is 0.335 e. The third-order valence-corrected chi connectivity index (χ3v) is 3.65. The van der Waals surface area contributed by atoms with Crippen LogP contribution in [0.3, 0.4) is 0 Å². The van der Waals surface area contributed by atoms with E-state index >= 15 is 0 Å². The van der Waals surface area contributed by atoms with E-state index in [0.717, 1.165) is 19.0 Å². The highest BCUT2D eigenvalue weighted by Gasteiger charge is 2.29. The molecule has 20 heavy (non-hydrogen) atoms. The molecule has 1 atom stereocenters. The summed E-state index contributed by atoms with van der Waals surface area (Å²) in [6.45, 7) is 1.44. The summed E-state index contributed by atoms with van der Waals surface area (Å²) in [6, 6.07) is 4.42. The lowest BCUT2D eigenvalue weighted by atomic mass is 10.1. The summed E-state index contributed by atoms with van der Waals surface area (Å²) in [5.74, 6) is -1.16. The number of nitro benzene ring substituents is 1. The maximum absolute atomic E-state index is 11.1. The number of aromatic carboxylic acids is 1.